The van der Waals surface area contributed by atoms with Crippen molar-refractivity contribution in [3.05, 3.63) is 60.2 Å². The summed E-state index contributed by atoms with van der Waals surface area (Å²) in [7, 11) is 0. The lowest BCUT2D eigenvalue weighted by atomic mass is 9.99. The molecule has 0 fully saturated rings. The Morgan fingerprint density at radius 2 is 1.85 bits per heavy atom. The summed E-state index contributed by atoms with van der Waals surface area (Å²) in [4.78, 5) is 4.32. The molecule has 0 amide bonds. The lowest BCUT2D eigenvalue weighted by Crippen LogP contribution is -2.02. The Hall–Kier alpha value is -2.13. The molecule has 3 nitrogen and oxygen atoms in total. The van der Waals surface area contributed by atoms with Crippen LogP contribution in [-0.4, -0.2) is 9.38 Å². The fraction of sp³-hybridized carbons (Fsp3) is 0.235. The van der Waals surface area contributed by atoms with Gasteiger partial charge in [-0.2, -0.15) is 0 Å². The summed E-state index contributed by atoms with van der Waals surface area (Å²) in [5.41, 5.74) is 10.5. The molecule has 0 unspecified atom stereocenters. The number of nitrogens with two attached hydrogens (primary N) is 1. The van der Waals surface area contributed by atoms with E-state index in [1.165, 1.54) is 16.7 Å². The zero-order valence-electron chi connectivity index (χ0n) is 11.9. The van der Waals surface area contributed by atoms with Gasteiger partial charge >= 0.3 is 0 Å². The zero-order chi connectivity index (χ0) is 14.1. The Balaban J connectivity index is 2.01. The standard InChI is InChI=1S/C17H19N3/c1-12(2)13-3-5-14(6-4-13)15-7-8-20-16(9-15)11-19-17(20)10-18/h3-9,11-12H,10,18H2,1-2H3. The number of imidazole rings is 1. The van der Waals surface area contributed by atoms with Gasteiger partial charge in [-0.15, -0.1) is 0 Å². The number of benzene rings is 1. The van der Waals surface area contributed by atoms with Crippen LogP contribution in [0.15, 0.2) is 48.8 Å². The van der Waals surface area contributed by atoms with Gasteiger partial charge in [-0.05, 0) is 34.7 Å². The lowest BCUT2D eigenvalue weighted by Gasteiger charge is -2.08. The van der Waals surface area contributed by atoms with Gasteiger partial charge < -0.3 is 10.1 Å². The maximum absolute atomic E-state index is 5.67. The third-order valence-electron chi connectivity index (χ3n) is 3.70. The molecule has 2 N–H and O–H groups in total. The number of hydrogen-bond acceptors (Lipinski definition) is 2. The van der Waals surface area contributed by atoms with Crippen molar-refractivity contribution in [2.45, 2.75) is 26.3 Å². The second-order valence-corrected chi connectivity index (χ2v) is 5.37. The highest BCUT2D eigenvalue weighted by Crippen LogP contribution is 2.24. The summed E-state index contributed by atoms with van der Waals surface area (Å²) in [6.45, 7) is 4.87. The van der Waals surface area contributed by atoms with Crippen molar-refractivity contribution in [2.24, 2.45) is 5.73 Å². The van der Waals surface area contributed by atoms with Crippen LogP contribution in [0.3, 0.4) is 0 Å². The molecule has 0 aliphatic carbocycles. The molecule has 0 atom stereocenters. The van der Waals surface area contributed by atoms with Crippen LogP contribution < -0.4 is 5.73 Å². The van der Waals surface area contributed by atoms with Crippen LogP contribution in [0.2, 0.25) is 0 Å². The Labute approximate surface area is 119 Å². The van der Waals surface area contributed by atoms with Gasteiger partial charge in [0.05, 0.1) is 18.3 Å². The number of pyridine rings is 1. The van der Waals surface area contributed by atoms with Gasteiger partial charge in [-0.3, -0.25) is 0 Å². The molecule has 0 saturated heterocycles. The first kappa shape index (κ1) is 12.9. The molecule has 0 aliphatic rings. The molecule has 1 aromatic carbocycles. The third kappa shape index (κ3) is 2.21. The fourth-order valence-electron chi connectivity index (χ4n) is 2.45. The maximum atomic E-state index is 5.67. The normalized spacial score (nSPS) is 11.4. The monoisotopic (exact) mass is 265 g/mol. The predicted octanol–water partition coefficient (Wildman–Crippen LogP) is 3.58. The second kappa shape index (κ2) is 5.10. The molecule has 0 aliphatic heterocycles. The second-order valence-electron chi connectivity index (χ2n) is 5.37. The highest BCUT2D eigenvalue weighted by molar-refractivity contribution is 5.69. The minimum atomic E-state index is 0.455. The topological polar surface area (TPSA) is 43.3 Å². The highest BCUT2D eigenvalue weighted by atomic mass is 15.0. The van der Waals surface area contributed by atoms with Crippen molar-refractivity contribution in [3.8, 4) is 11.1 Å². The van der Waals surface area contributed by atoms with Crippen LogP contribution in [-0.2, 0) is 6.54 Å². The maximum Gasteiger partial charge on any atom is 0.127 e. The van der Waals surface area contributed by atoms with Gasteiger partial charge in [-0.1, -0.05) is 38.1 Å². The van der Waals surface area contributed by atoms with Gasteiger partial charge in [0.1, 0.15) is 5.82 Å². The number of aromatic nitrogens is 2. The van der Waals surface area contributed by atoms with Gasteiger partial charge in [0.15, 0.2) is 0 Å². The number of nitrogens with zero attached hydrogens (tertiary/aromatic N) is 2. The van der Waals surface area contributed by atoms with Crippen molar-refractivity contribution < 1.29 is 0 Å². The van der Waals surface area contributed by atoms with Gasteiger partial charge in [0.2, 0.25) is 0 Å². The molecule has 0 saturated carbocycles. The Bertz CT molecular complexity index is 724. The molecular weight excluding hydrogens is 246 g/mol. The molecule has 0 spiro atoms. The SMILES string of the molecule is CC(C)c1ccc(-c2ccn3c(CN)ncc3c2)cc1. The zero-order valence-corrected chi connectivity index (χ0v) is 11.9. The van der Waals surface area contributed by atoms with E-state index in [0.717, 1.165) is 11.3 Å². The van der Waals surface area contributed by atoms with E-state index in [2.05, 4.69) is 55.2 Å². The van der Waals surface area contributed by atoms with Crippen LogP contribution in [0.1, 0.15) is 31.2 Å². The van der Waals surface area contributed by atoms with E-state index < -0.39 is 0 Å². The van der Waals surface area contributed by atoms with Crippen molar-refractivity contribution in [1.82, 2.24) is 9.38 Å². The number of hydrogen-bond donors (Lipinski definition) is 1. The number of rotatable bonds is 3. The number of fused-ring (bicyclic) bond motifs is 1. The molecule has 0 radical (unpaired) electrons. The largest absolute Gasteiger partial charge is 0.324 e. The molecule has 20 heavy (non-hydrogen) atoms. The van der Waals surface area contributed by atoms with E-state index in [0.29, 0.717) is 12.5 Å². The van der Waals surface area contributed by atoms with Crippen LogP contribution in [0.5, 0.6) is 0 Å². The molecule has 3 heteroatoms. The van der Waals surface area contributed by atoms with Crippen molar-refractivity contribution >= 4 is 5.52 Å². The smallest absolute Gasteiger partial charge is 0.127 e. The average molecular weight is 265 g/mol. The van der Waals surface area contributed by atoms with Crippen LogP contribution >= 0.6 is 0 Å². The molecule has 3 aromatic rings. The van der Waals surface area contributed by atoms with E-state index >= 15 is 0 Å². The molecule has 2 heterocycles. The van der Waals surface area contributed by atoms with E-state index in [1.807, 2.05) is 16.8 Å². The first-order chi connectivity index (χ1) is 9.69. The summed E-state index contributed by atoms with van der Waals surface area (Å²) < 4.78 is 2.03. The Morgan fingerprint density at radius 3 is 2.50 bits per heavy atom. The molecule has 3 rings (SSSR count). The van der Waals surface area contributed by atoms with Crippen LogP contribution in [0.25, 0.3) is 16.6 Å². The summed E-state index contributed by atoms with van der Waals surface area (Å²) in [6, 6.07) is 13.0. The van der Waals surface area contributed by atoms with Gasteiger partial charge in [0, 0.05) is 6.20 Å². The molecule has 2 aromatic heterocycles. The first-order valence-corrected chi connectivity index (χ1v) is 6.95. The lowest BCUT2D eigenvalue weighted by molar-refractivity contribution is 0.867. The Kier molecular flexibility index (Phi) is 3.28. The van der Waals surface area contributed by atoms with Crippen LogP contribution in [0.4, 0.5) is 0 Å². The fourth-order valence-corrected chi connectivity index (χ4v) is 2.45. The molecule has 102 valence electrons. The summed E-state index contributed by atoms with van der Waals surface area (Å²) >= 11 is 0. The molecular formula is C17H19N3. The van der Waals surface area contributed by atoms with Gasteiger partial charge in [0.25, 0.3) is 0 Å². The Morgan fingerprint density at radius 1 is 1.10 bits per heavy atom. The van der Waals surface area contributed by atoms with Crippen molar-refractivity contribution in [2.75, 3.05) is 0 Å². The summed E-state index contributed by atoms with van der Waals surface area (Å²) in [5.74, 6) is 1.45. The van der Waals surface area contributed by atoms with Crippen LogP contribution in [0, 0.1) is 0 Å². The first-order valence-electron chi connectivity index (χ1n) is 6.95. The van der Waals surface area contributed by atoms with Crippen molar-refractivity contribution in [1.29, 1.82) is 0 Å². The quantitative estimate of drug-likeness (QED) is 0.786. The highest BCUT2D eigenvalue weighted by Gasteiger charge is 2.05. The summed E-state index contributed by atoms with van der Waals surface area (Å²) in [5, 5.41) is 0. The van der Waals surface area contributed by atoms with E-state index in [4.69, 9.17) is 5.73 Å². The average Bonchev–Trinajstić information content (AvgIpc) is 2.89. The third-order valence-corrected chi connectivity index (χ3v) is 3.70. The van der Waals surface area contributed by atoms with E-state index in [1.54, 1.807) is 0 Å². The van der Waals surface area contributed by atoms with Crippen molar-refractivity contribution in [3.63, 3.8) is 0 Å². The predicted molar refractivity (Wildman–Crippen MR) is 82.6 cm³/mol. The minimum absolute atomic E-state index is 0.455. The minimum Gasteiger partial charge on any atom is -0.324 e. The van der Waals surface area contributed by atoms with E-state index in [-0.39, 0.29) is 0 Å². The summed E-state index contributed by atoms with van der Waals surface area (Å²) in [6.07, 6.45) is 3.91. The molecule has 0 bridgehead atoms. The van der Waals surface area contributed by atoms with E-state index in [9.17, 15) is 0 Å². The van der Waals surface area contributed by atoms with Gasteiger partial charge in [-0.25, -0.2) is 4.98 Å².